The number of hydrogen-bond donors (Lipinski definition) is 0. The van der Waals surface area contributed by atoms with Crippen molar-refractivity contribution >= 4 is 5.91 Å². The fourth-order valence-electron chi connectivity index (χ4n) is 4.76. The van der Waals surface area contributed by atoms with E-state index in [-0.39, 0.29) is 11.9 Å². The zero-order valence-corrected chi connectivity index (χ0v) is 16.4. The van der Waals surface area contributed by atoms with Crippen LogP contribution in [0, 0.1) is 5.92 Å². The van der Waals surface area contributed by atoms with Gasteiger partial charge in [-0.1, -0.05) is 38.1 Å². The fraction of sp³-hybridized carbons (Fsp3) is 0.682. The molecule has 1 atom stereocenters. The molecular weight excluding hydrogens is 308 g/mol. The summed E-state index contributed by atoms with van der Waals surface area (Å²) in [6.07, 6.45) is 6.13. The first-order valence-electron chi connectivity index (χ1n) is 9.98. The summed E-state index contributed by atoms with van der Waals surface area (Å²) in [4.78, 5) is 16.5. The van der Waals surface area contributed by atoms with Crippen LogP contribution in [0.5, 0.6) is 0 Å². The smallest absolute Gasteiger partial charge is 0.219 e. The van der Waals surface area contributed by atoms with Crippen LogP contribution in [0.2, 0.25) is 0 Å². The number of rotatable bonds is 4. The van der Waals surface area contributed by atoms with Gasteiger partial charge in [0.15, 0.2) is 0 Å². The van der Waals surface area contributed by atoms with Gasteiger partial charge < -0.3 is 9.80 Å². The summed E-state index contributed by atoms with van der Waals surface area (Å²) in [5, 5.41) is 0. The van der Waals surface area contributed by atoms with Crippen molar-refractivity contribution in [2.24, 2.45) is 5.92 Å². The Balaban J connectivity index is 1.78. The maximum atomic E-state index is 11.9. The molecule has 1 heterocycles. The normalized spacial score (nSPS) is 22.8. The third kappa shape index (κ3) is 3.76. The quantitative estimate of drug-likeness (QED) is 0.811. The minimum Gasteiger partial charge on any atom is -0.339 e. The van der Waals surface area contributed by atoms with Gasteiger partial charge in [-0.2, -0.15) is 0 Å². The molecular formula is C22H34N2O. The summed E-state index contributed by atoms with van der Waals surface area (Å²) in [7, 11) is 1.95. The zero-order chi connectivity index (χ0) is 18.0. The average molecular weight is 343 g/mol. The van der Waals surface area contributed by atoms with Crippen LogP contribution in [0.3, 0.4) is 0 Å². The van der Waals surface area contributed by atoms with E-state index in [0.717, 1.165) is 12.3 Å². The number of nitrogens with zero attached hydrogens (tertiary/aromatic N) is 2. The Bertz CT molecular complexity index is 602. The molecule has 1 aromatic rings. The van der Waals surface area contributed by atoms with E-state index in [2.05, 4.69) is 43.0 Å². The minimum absolute atomic E-state index is 0.166. The Hall–Kier alpha value is -1.35. The third-order valence-corrected chi connectivity index (χ3v) is 6.59. The van der Waals surface area contributed by atoms with E-state index >= 15 is 0 Å². The summed E-state index contributed by atoms with van der Waals surface area (Å²) in [5.74, 6) is 0.952. The number of carbonyl (C=O) groups is 1. The summed E-state index contributed by atoms with van der Waals surface area (Å²) in [5.41, 5.74) is 3.24. The topological polar surface area (TPSA) is 23.6 Å². The van der Waals surface area contributed by atoms with Gasteiger partial charge in [-0.3, -0.25) is 4.79 Å². The highest BCUT2D eigenvalue weighted by Crippen LogP contribution is 2.49. The lowest BCUT2D eigenvalue weighted by Gasteiger charge is -2.48. The largest absolute Gasteiger partial charge is 0.339 e. The number of amides is 1. The van der Waals surface area contributed by atoms with E-state index in [1.165, 1.54) is 56.4 Å². The molecule has 1 spiro atoms. The Kier molecular flexibility index (Phi) is 5.52. The highest BCUT2D eigenvalue weighted by atomic mass is 16.2. The number of likely N-dealkylation sites (tertiary alicyclic amines) is 1. The van der Waals surface area contributed by atoms with Gasteiger partial charge in [0.05, 0.1) is 6.04 Å². The highest BCUT2D eigenvalue weighted by Gasteiger charge is 2.42. The predicted octanol–water partition coefficient (Wildman–Crippen LogP) is 4.38. The molecule has 25 heavy (non-hydrogen) atoms. The predicted molar refractivity (Wildman–Crippen MR) is 104 cm³/mol. The second-order valence-electron chi connectivity index (χ2n) is 8.58. The Morgan fingerprint density at radius 3 is 2.56 bits per heavy atom. The molecule has 1 aromatic carbocycles. The molecule has 0 bridgehead atoms. The van der Waals surface area contributed by atoms with Crippen LogP contribution in [0.25, 0.3) is 0 Å². The molecule has 1 saturated heterocycles. The molecule has 0 aromatic heterocycles. The standard InChI is InChI=1S/C22H34N2O/c1-17(2)10-14-24-15-12-22(13-16-24)11-9-21(23(4)18(3)25)19-7-5-6-8-20(19)22/h5-8,17,21H,9-16H2,1-4H3/t21-/m0/s1. The third-order valence-electron chi connectivity index (χ3n) is 6.59. The molecule has 0 N–H and O–H groups in total. The first-order chi connectivity index (χ1) is 11.9. The van der Waals surface area contributed by atoms with E-state index < -0.39 is 0 Å². The van der Waals surface area contributed by atoms with Crippen molar-refractivity contribution in [2.75, 3.05) is 26.7 Å². The lowest BCUT2D eigenvalue weighted by Crippen LogP contribution is -2.46. The van der Waals surface area contributed by atoms with Gasteiger partial charge in [0.2, 0.25) is 5.91 Å². The first-order valence-corrected chi connectivity index (χ1v) is 9.98. The average Bonchev–Trinajstić information content (AvgIpc) is 2.61. The minimum atomic E-state index is 0.166. The van der Waals surface area contributed by atoms with E-state index in [4.69, 9.17) is 0 Å². The second-order valence-corrected chi connectivity index (χ2v) is 8.58. The fourth-order valence-corrected chi connectivity index (χ4v) is 4.76. The summed E-state index contributed by atoms with van der Waals surface area (Å²) in [6.45, 7) is 9.98. The number of hydrogen-bond acceptors (Lipinski definition) is 2. The van der Waals surface area contributed by atoms with E-state index in [1.807, 2.05) is 11.9 Å². The molecule has 3 nitrogen and oxygen atoms in total. The molecule has 1 aliphatic heterocycles. The van der Waals surface area contributed by atoms with Crippen LogP contribution in [-0.2, 0) is 10.2 Å². The van der Waals surface area contributed by atoms with Crippen LogP contribution in [0.4, 0.5) is 0 Å². The van der Waals surface area contributed by atoms with Crippen molar-refractivity contribution < 1.29 is 4.79 Å². The van der Waals surface area contributed by atoms with Gasteiger partial charge in [-0.05, 0) is 74.2 Å². The molecule has 0 unspecified atom stereocenters. The van der Waals surface area contributed by atoms with Crippen molar-refractivity contribution in [3.8, 4) is 0 Å². The first kappa shape index (κ1) is 18.4. The lowest BCUT2D eigenvalue weighted by atomic mass is 9.63. The van der Waals surface area contributed by atoms with Crippen LogP contribution >= 0.6 is 0 Å². The molecule has 3 rings (SSSR count). The Morgan fingerprint density at radius 2 is 1.92 bits per heavy atom. The van der Waals surface area contributed by atoms with Crippen molar-refractivity contribution in [2.45, 2.75) is 64.3 Å². The van der Waals surface area contributed by atoms with E-state index in [0.29, 0.717) is 5.41 Å². The Labute approximate surface area is 153 Å². The van der Waals surface area contributed by atoms with Gasteiger partial charge in [0.1, 0.15) is 0 Å². The number of carbonyl (C=O) groups excluding carboxylic acids is 1. The van der Waals surface area contributed by atoms with Crippen LogP contribution in [-0.4, -0.2) is 42.4 Å². The van der Waals surface area contributed by atoms with Crippen molar-refractivity contribution in [1.29, 1.82) is 0 Å². The maximum absolute atomic E-state index is 11.9. The second kappa shape index (κ2) is 7.49. The van der Waals surface area contributed by atoms with Gasteiger partial charge in [0, 0.05) is 14.0 Å². The zero-order valence-electron chi connectivity index (χ0n) is 16.4. The number of benzene rings is 1. The van der Waals surface area contributed by atoms with Crippen molar-refractivity contribution in [1.82, 2.24) is 9.80 Å². The summed E-state index contributed by atoms with van der Waals surface area (Å²) in [6, 6.07) is 9.15. The lowest BCUT2D eigenvalue weighted by molar-refractivity contribution is -0.130. The SMILES string of the molecule is CC(=O)N(C)[C@H]1CCC2(CCN(CCC(C)C)CC2)c2ccccc21. The maximum Gasteiger partial charge on any atom is 0.219 e. The molecule has 138 valence electrons. The van der Waals surface area contributed by atoms with E-state index in [9.17, 15) is 4.79 Å². The summed E-state index contributed by atoms with van der Waals surface area (Å²) < 4.78 is 0. The highest BCUT2D eigenvalue weighted by molar-refractivity contribution is 5.73. The molecule has 1 amide bonds. The monoisotopic (exact) mass is 342 g/mol. The van der Waals surface area contributed by atoms with Crippen LogP contribution in [0.15, 0.2) is 24.3 Å². The van der Waals surface area contributed by atoms with Crippen molar-refractivity contribution in [3.05, 3.63) is 35.4 Å². The molecule has 1 aliphatic carbocycles. The molecule has 2 aliphatic rings. The number of fused-ring (bicyclic) bond motifs is 2. The number of piperidine rings is 1. The molecule has 0 radical (unpaired) electrons. The molecule has 1 fully saturated rings. The Morgan fingerprint density at radius 1 is 1.24 bits per heavy atom. The van der Waals surface area contributed by atoms with Gasteiger partial charge in [-0.15, -0.1) is 0 Å². The van der Waals surface area contributed by atoms with Gasteiger partial charge >= 0.3 is 0 Å². The van der Waals surface area contributed by atoms with E-state index in [1.54, 1.807) is 6.92 Å². The summed E-state index contributed by atoms with van der Waals surface area (Å²) >= 11 is 0. The van der Waals surface area contributed by atoms with Gasteiger partial charge in [0.25, 0.3) is 0 Å². The molecule has 0 saturated carbocycles. The van der Waals surface area contributed by atoms with Gasteiger partial charge in [-0.25, -0.2) is 0 Å². The van der Waals surface area contributed by atoms with Crippen molar-refractivity contribution in [3.63, 3.8) is 0 Å². The molecule has 3 heteroatoms. The van der Waals surface area contributed by atoms with Crippen LogP contribution < -0.4 is 0 Å². The van der Waals surface area contributed by atoms with Crippen LogP contribution in [0.1, 0.15) is 70.0 Å².